The normalized spacial score (nSPS) is 12.0. The molecule has 0 amide bonds. The Bertz CT molecular complexity index is 2870. The Morgan fingerprint density at radius 2 is 1.19 bits per heavy atom. The molecular formula is C45H30N2O. The fourth-order valence-electron chi connectivity index (χ4n) is 7.81. The van der Waals surface area contributed by atoms with Crippen LogP contribution in [0.15, 0.2) is 150 Å². The summed E-state index contributed by atoms with van der Waals surface area (Å²) in [4.78, 5) is 4.72. The number of hydrogen-bond donors (Lipinski definition) is 0. The van der Waals surface area contributed by atoms with E-state index in [9.17, 15) is 0 Å². The zero-order chi connectivity index (χ0) is 31.9. The highest BCUT2D eigenvalue weighted by Crippen LogP contribution is 2.46. The highest BCUT2D eigenvalue weighted by atomic mass is 16.3. The van der Waals surface area contributed by atoms with Crippen LogP contribution < -0.4 is 0 Å². The third-order valence-electron chi connectivity index (χ3n) is 10.2. The number of rotatable bonds is 3. The Hall–Kier alpha value is -6.19. The zero-order valence-electron chi connectivity index (χ0n) is 26.7. The van der Waals surface area contributed by atoms with Gasteiger partial charge in [0, 0.05) is 27.7 Å². The Morgan fingerprint density at radius 3 is 2.00 bits per heavy atom. The third-order valence-corrected chi connectivity index (χ3v) is 10.2. The molecule has 226 valence electrons. The van der Waals surface area contributed by atoms with Crippen LogP contribution in [0.1, 0.15) is 11.3 Å². The standard InChI is InChI=1S/C45H30N2O/c1-27-28(2)47(33-24-23-29-11-3-4-12-32(29)25-33)44-37-16-8-6-14-35(37)39-26-38(34-13-5-7-15-36(34)43(39)42(27)44)30-19-21-31(22-20-30)45-46-40-17-9-10-18-41(40)48-45/h3-26H,1-2H3. The van der Waals surface area contributed by atoms with Crippen LogP contribution in [0.2, 0.25) is 0 Å². The summed E-state index contributed by atoms with van der Waals surface area (Å²) in [5.74, 6) is 0.640. The molecule has 0 aliphatic rings. The average molecular weight is 615 g/mol. The Morgan fingerprint density at radius 1 is 0.521 bits per heavy atom. The number of hydrogen-bond acceptors (Lipinski definition) is 2. The lowest BCUT2D eigenvalue weighted by Crippen LogP contribution is -1.97. The average Bonchev–Trinajstić information content (AvgIpc) is 3.69. The third kappa shape index (κ3) is 3.85. The largest absolute Gasteiger partial charge is 0.436 e. The molecule has 8 aromatic carbocycles. The van der Waals surface area contributed by atoms with Crippen LogP contribution in [0.5, 0.6) is 0 Å². The molecule has 0 spiro atoms. The van der Waals surface area contributed by atoms with Gasteiger partial charge in [0.05, 0.1) is 5.52 Å². The predicted octanol–water partition coefficient (Wildman–Crippen LogP) is 12.3. The topological polar surface area (TPSA) is 31.0 Å². The Labute approximate surface area is 277 Å². The second-order valence-corrected chi connectivity index (χ2v) is 12.8. The summed E-state index contributed by atoms with van der Waals surface area (Å²) in [6.45, 7) is 4.55. The van der Waals surface area contributed by atoms with Crippen molar-refractivity contribution in [3.8, 4) is 28.3 Å². The van der Waals surface area contributed by atoms with Gasteiger partial charge in [0.25, 0.3) is 0 Å². The van der Waals surface area contributed by atoms with E-state index in [1.165, 1.54) is 82.1 Å². The van der Waals surface area contributed by atoms with Gasteiger partial charge in [-0.3, -0.25) is 0 Å². The summed E-state index contributed by atoms with van der Waals surface area (Å²) >= 11 is 0. The number of aromatic nitrogens is 2. The van der Waals surface area contributed by atoms with E-state index >= 15 is 0 Å². The SMILES string of the molecule is Cc1c(C)n(-c2ccc3ccccc3c2)c2c3ccccc3c3cc(-c4ccc(-c5nc6ccccc6o5)cc4)c4ccccc4c3c12. The number of para-hydroxylation sites is 2. The van der Waals surface area contributed by atoms with Gasteiger partial charge >= 0.3 is 0 Å². The summed E-state index contributed by atoms with van der Waals surface area (Å²) in [5, 5.41) is 11.4. The second kappa shape index (κ2) is 10.2. The van der Waals surface area contributed by atoms with Crippen LogP contribution in [0.3, 0.4) is 0 Å². The second-order valence-electron chi connectivity index (χ2n) is 12.8. The number of nitrogens with zero attached hydrogens (tertiary/aromatic N) is 2. The van der Waals surface area contributed by atoms with Gasteiger partial charge in [-0.1, -0.05) is 103 Å². The first kappa shape index (κ1) is 27.0. The number of fused-ring (bicyclic) bond motifs is 10. The van der Waals surface area contributed by atoms with E-state index in [0.29, 0.717) is 5.89 Å². The molecule has 0 aliphatic carbocycles. The van der Waals surface area contributed by atoms with Crippen molar-refractivity contribution in [3.63, 3.8) is 0 Å². The van der Waals surface area contributed by atoms with Crippen molar-refractivity contribution in [2.24, 2.45) is 0 Å². The quantitative estimate of drug-likeness (QED) is 0.185. The molecular weight excluding hydrogens is 585 g/mol. The van der Waals surface area contributed by atoms with Gasteiger partial charge in [0.15, 0.2) is 5.58 Å². The van der Waals surface area contributed by atoms with Crippen molar-refractivity contribution < 1.29 is 4.42 Å². The van der Waals surface area contributed by atoms with Crippen LogP contribution in [-0.4, -0.2) is 9.55 Å². The molecule has 0 saturated carbocycles. The summed E-state index contributed by atoms with van der Waals surface area (Å²) in [5.41, 5.74) is 10.1. The molecule has 0 atom stereocenters. The lowest BCUT2D eigenvalue weighted by molar-refractivity contribution is 0.620. The molecule has 0 saturated heterocycles. The van der Waals surface area contributed by atoms with Crippen LogP contribution in [0.4, 0.5) is 0 Å². The first-order valence-electron chi connectivity index (χ1n) is 16.5. The zero-order valence-corrected chi connectivity index (χ0v) is 26.7. The summed E-state index contributed by atoms with van der Waals surface area (Å²) < 4.78 is 8.56. The van der Waals surface area contributed by atoms with Crippen molar-refractivity contribution in [1.82, 2.24) is 9.55 Å². The van der Waals surface area contributed by atoms with Crippen molar-refractivity contribution in [1.29, 1.82) is 0 Å². The molecule has 2 heterocycles. The highest BCUT2D eigenvalue weighted by Gasteiger charge is 2.22. The lowest BCUT2D eigenvalue weighted by atomic mass is 9.88. The van der Waals surface area contributed by atoms with Crippen LogP contribution in [-0.2, 0) is 0 Å². The summed E-state index contributed by atoms with van der Waals surface area (Å²) in [7, 11) is 0. The van der Waals surface area contributed by atoms with E-state index in [1.807, 2.05) is 24.3 Å². The monoisotopic (exact) mass is 614 g/mol. The maximum absolute atomic E-state index is 6.08. The highest BCUT2D eigenvalue weighted by molar-refractivity contribution is 6.33. The maximum atomic E-state index is 6.08. The maximum Gasteiger partial charge on any atom is 0.227 e. The van der Waals surface area contributed by atoms with Crippen molar-refractivity contribution in [3.05, 3.63) is 157 Å². The first-order chi connectivity index (χ1) is 23.6. The molecule has 2 aromatic heterocycles. The predicted molar refractivity (Wildman–Crippen MR) is 201 cm³/mol. The van der Waals surface area contributed by atoms with Gasteiger partial charge in [0.2, 0.25) is 5.89 Å². The van der Waals surface area contributed by atoms with Gasteiger partial charge in [-0.15, -0.1) is 0 Å². The molecule has 0 unspecified atom stereocenters. The molecule has 3 nitrogen and oxygen atoms in total. The van der Waals surface area contributed by atoms with E-state index in [0.717, 1.165) is 16.7 Å². The fourth-order valence-corrected chi connectivity index (χ4v) is 7.81. The van der Waals surface area contributed by atoms with Crippen molar-refractivity contribution in [2.75, 3.05) is 0 Å². The van der Waals surface area contributed by atoms with Gasteiger partial charge in [-0.25, -0.2) is 4.98 Å². The van der Waals surface area contributed by atoms with Crippen molar-refractivity contribution in [2.45, 2.75) is 13.8 Å². The van der Waals surface area contributed by atoms with E-state index in [-0.39, 0.29) is 0 Å². The van der Waals surface area contributed by atoms with Gasteiger partial charge in [-0.2, -0.15) is 0 Å². The summed E-state index contributed by atoms with van der Waals surface area (Å²) in [6.07, 6.45) is 0. The fraction of sp³-hybridized carbons (Fsp3) is 0.0444. The first-order valence-corrected chi connectivity index (χ1v) is 16.5. The molecule has 3 heteroatoms. The van der Waals surface area contributed by atoms with Gasteiger partial charge < -0.3 is 8.98 Å². The van der Waals surface area contributed by atoms with Crippen LogP contribution >= 0.6 is 0 Å². The molecule has 0 N–H and O–H groups in total. The van der Waals surface area contributed by atoms with E-state index < -0.39 is 0 Å². The van der Waals surface area contributed by atoms with Gasteiger partial charge in [-0.05, 0) is 111 Å². The van der Waals surface area contributed by atoms with E-state index in [1.54, 1.807) is 0 Å². The molecule has 0 aliphatic heterocycles. The lowest BCUT2D eigenvalue weighted by Gasteiger charge is -2.17. The van der Waals surface area contributed by atoms with E-state index in [2.05, 4.69) is 140 Å². The minimum absolute atomic E-state index is 0.640. The molecule has 10 aromatic rings. The van der Waals surface area contributed by atoms with Crippen LogP contribution in [0, 0.1) is 13.8 Å². The van der Waals surface area contributed by atoms with Crippen molar-refractivity contribution >= 4 is 65.1 Å². The molecule has 0 bridgehead atoms. The molecule has 48 heavy (non-hydrogen) atoms. The van der Waals surface area contributed by atoms with Gasteiger partial charge in [0.1, 0.15) is 5.52 Å². The number of benzene rings is 8. The molecule has 10 rings (SSSR count). The number of aryl methyl sites for hydroxylation is 1. The van der Waals surface area contributed by atoms with E-state index in [4.69, 9.17) is 9.40 Å². The Kier molecular flexibility index (Phi) is 5.71. The summed E-state index contributed by atoms with van der Waals surface area (Å²) in [6, 6.07) is 52.2. The number of oxazole rings is 1. The Balaban J connectivity index is 1.25. The van der Waals surface area contributed by atoms with Crippen LogP contribution in [0.25, 0.3) is 93.4 Å². The minimum atomic E-state index is 0.640. The smallest absolute Gasteiger partial charge is 0.227 e. The molecule has 0 fully saturated rings. The molecule has 0 radical (unpaired) electrons. The minimum Gasteiger partial charge on any atom is -0.436 e.